The zero-order chi connectivity index (χ0) is 14.0. The van der Waals surface area contributed by atoms with Crippen LogP contribution in [0.15, 0.2) is 40.9 Å². The summed E-state index contributed by atoms with van der Waals surface area (Å²) in [6.07, 6.45) is 0. The van der Waals surface area contributed by atoms with E-state index in [2.05, 4.69) is 21.2 Å². The Kier molecular flexibility index (Phi) is 3.85. The lowest BCUT2D eigenvalue weighted by Crippen LogP contribution is -2.14. The Hall–Kier alpha value is -1.88. The zero-order valence-electron chi connectivity index (χ0n) is 10.2. The number of nitrogens with two attached hydrogens (primary N) is 1. The Morgan fingerprint density at radius 3 is 2.63 bits per heavy atom. The first kappa shape index (κ1) is 13.5. The molecule has 5 heteroatoms. The van der Waals surface area contributed by atoms with E-state index >= 15 is 0 Å². The minimum Gasteiger partial charge on any atom is -0.399 e. The third-order valence-corrected chi connectivity index (χ3v) is 3.33. The molecule has 0 fully saturated rings. The van der Waals surface area contributed by atoms with Gasteiger partial charge in [-0.05, 0) is 64.8 Å². The van der Waals surface area contributed by atoms with E-state index < -0.39 is 0 Å². The van der Waals surface area contributed by atoms with Crippen molar-refractivity contribution in [2.24, 2.45) is 0 Å². The van der Waals surface area contributed by atoms with Gasteiger partial charge in [0.15, 0.2) is 0 Å². The second-order valence-corrected chi connectivity index (χ2v) is 5.01. The van der Waals surface area contributed by atoms with Crippen LogP contribution in [0.25, 0.3) is 0 Å². The number of nitrogen functional groups attached to an aromatic ring is 1. The molecular formula is C14H12BrFN2O. The molecule has 2 rings (SSSR count). The van der Waals surface area contributed by atoms with E-state index in [0.29, 0.717) is 27.0 Å². The van der Waals surface area contributed by atoms with E-state index in [0.717, 1.165) is 0 Å². The van der Waals surface area contributed by atoms with E-state index in [1.807, 2.05) is 0 Å². The van der Waals surface area contributed by atoms with Crippen molar-refractivity contribution < 1.29 is 9.18 Å². The molecule has 0 unspecified atom stereocenters. The standard InChI is InChI=1S/C14H12BrFN2O/c1-8-6-9(16)2-4-11(8)14(19)18-13-5-3-10(17)7-12(13)15/h2-7H,17H2,1H3,(H,18,19). The highest BCUT2D eigenvalue weighted by Crippen LogP contribution is 2.25. The smallest absolute Gasteiger partial charge is 0.255 e. The first-order chi connectivity index (χ1) is 8.97. The summed E-state index contributed by atoms with van der Waals surface area (Å²) >= 11 is 3.32. The third-order valence-electron chi connectivity index (χ3n) is 2.67. The minimum atomic E-state index is -0.359. The summed E-state index contributed by atoms with van der Waals surface area (Å²) in [5.41, 5.74) is 7.86. The van der Waals surface area contributed by atoms with Crippen LogP contribution < -0.4 is 11.1 Å². The topological polar surface area (TPSA) is 55.1 Å². The number of aryl methyl sites for hydroxylation is 1. The third kappa shape index (κ3) is 3.12. The van der Waals surface area contributed by atoms with E-state index in [1.54, 1.807) is 25.1 Å². The highest BCUT2D eigenvalue weighted by atomic mass is 79.9. The largest absolute Gasteiger partial charge is 0.399 e. The Balaban J connectivity index is 2.25. The molecule has 0 bridgehead atoms. The number of carbonyl (C=O) groups is 1. The van der Waals surface area contributed by atoms with Crippen molar-refractivity contribution in [3.05, 3.63) is 57.8 Å². The van der Waals surface area contributed by atoms with Gasteiger partial charge in [-0.2, -0.15) is 0 Å². The molecule has 0 aliphatic carbocycles. The molecule has 0 atom stereocenters. The highest BCUT2D eigenvalue weighted by Gasteiger charge is 2.11. The van der Waals surface area contributed by atoms with Crippen LogP contribution in [0, 0.1) is 12.7 Å². The molecule has 3 nitrogen and oxygen atoms in total. The minimum absolute atomic E-state index is 0.289. The number of nitrogens with one attached hydrogen (secondary N) is 1. The van der Waals surface area contributed by atoms with Crippen molar-refractivity contribution in [1.29, 1.82) is 0 Å². The lowest BCUT2D eigenvalue weighted by atomic mass is 10.1. The second-order valence-electron chi connectivity index (χ2n) is 4.15. The molecule has 19 heavy (non-hydrogen) atoms. The van der Waals surface area contributed by atoms with Crippen LogP contribution in [-0.2, 0) is 0 Å². The molecule has 0 saturated carbocycles. The number of carbonyl (C=O) groups excluding carboxylic acids is 1. The van der Waals surface area contributed by atoms with Gasteiger partial charge in [0.25, 0.3) is 5.91 Å². The first-order valence-corrected chi connectivity index (χ1v) is 6.39. The number of halogens is 2. The van der Waals surface area contributed by atoms with Crippen LogP contribution in [0.3, 0.4) is 0 Å². The van der Waals surface area contributed by atoms with Gasteiger partial charge in [0.1, 0.15) is 5.82 Å². The molecule has 98 valence electrons. The molecule has 0 aliphatic rings. The molecule has 0 spiro atoms. The quantitative estimate of drug-likeness (QED) is 0.828. The molecule has 3 N–H and O–H groups in total. The van der Waals surface area contributed by atoms with Gasteiger partial charge in [-0.1, -0.05) is 0 Å². The van der Waals surface area contributed by atoms with Gasteiger partial charge in [-0.15, -0.1) is 0 Å². The second kappa shape index (κ2) is 5.40. The average molecular weight is 323 g/mol. The van der Waals surface area contributed by atoms with E-state index in [-0.39, 0.29) is 11.7 Å². The molecule has 0 saturated heterocycles. The average Bonchev–Trinajstić information content (AvgIpc) is 2.32. The molecule has 0 aromatic heterocycles. The van der Waals surface area contributed by atoms with Crippen LogP contribution in [0.4, 0.5) is 15.8 Å². The summed E-state index contributed by atoms with van der Waals surface area (Å²) in [6.45, 7) is 1.69. The number of amides is 1. The molecule has 0 heterocycles. The van der Waals surface area contributed by atoms with Crippen molar-refractivity contribution in [2.75, 3.05) is 11.1 Å². The van der Waals surface area contributed by atoms with Crippen molar-refractivity contribution in [3.63, 3.8) is 0 Å². The Bertz CT molecular complexity index is 643. The van der Waals surface area contributed by atoms with Crippen molar-refractivity contribution >= 4 is 33.2 Å². The van der Waals surface area contributed by atoms with E-state index in [9.17, 15) is 9.18 Å². The van der Waals surface area contributed by atoms with E-state index in [1.165, 1.54) is 18.2 Å². The maximum atomic E-state index is 13.0. The van der Waals surface area contributed by atoms with Crippen LogP contribution in [0.1, 0.15) is 15.9 Å². The molecule has 2 aromatic rings. The lowest BCUT2D eigenvalue weighted by molar-refractivity contribution is 0.102. The number of benzene rings is 2. The predicted octanol–water partition coefficient (Wildman–Crippen LogP) is 3.73. The van der Waals surface area contributed by atoms with Gasteiger partial charge in [-0.3, -0.25) is 4.79 Å². The summed E-state index contributed by atoms with van der Waals surface area (Å²) in [6, 6.07) is 9.15. The van der Waals surface area contributed by atoms with Gasteiger partial charge < -0.3 is 11.1 Å². The number of hydrogen-bond acceptors (Lipinski definition) is 2. The predicted molar refractivity (Wildman–Crippen MR) is 77.6 cm³/mol. The van der Waals surface area contributed by atoms with Crippen molar-refractivity contribution in [3.8, 4) is 0 Å². The molecule has 0 radical (unpaired) electrons. The fourth-order valence-electron chi connectivity index (χ4n) is 1.70. The lowest BCUT2D eigenvalue weighted by Gasteiger charge is -2.09. The van der Waals surface area contributed by atoms with Gasteiger partial charge in [0, 0.05) is 15.7 Å². The molecule has 1 amide bonds. The Morgan fingerprint density at radius 2 is 2.00 bits per heavy atom. The summed E-state index contributed by atoms with van der Waals surface area (Å²) in [4.78, 5) is 12.1. The molecule has 2 aromatic carbocycles. The van der Waals surface area contributed by atoms with Crippen LogP contribution in [0.2, 0.25) is 0 Å². The van der Waals surface area contributed by atoms with Crippen LogP contribution in [0.5, 0.6) is 0 Å². The maximum Gasteiger partial charge on any atom is 0.255 e. The summed E-state index contributed by atoms with van der Waals surface area (Å²) in [7, 11) is 0. The van der Waals surface area contributed by atoms with Gasteiger partial charge in [0.05, 0.1) is 5.69 Å². The van der Waals surface area contributed by atoms with Crippen molar-refractivity contribution in [1.82, 2.24) is 0 Å². The van der Waals surface area contributed by atoms with E-state index in [4.69, 9.17) is 5.73 Å². The normalized spacial score (nSPS) is 10.3. The monoisotopic (exact) mass is 322 g/mol. The highest BCUT2D eigenvalue weighted by molar-refractivity contribution is 9.10. The summed E-state index contributed by atoms with van der Waals surface area (Å²) in [5.74, 6) is -0.648. The maximum absolute atomic E-state index is 13.0. The Labute approximate surface area is 118 Å². The zero-order valence-corrected chi connectivity index (χ0v) is 11.8. The van der Waals surface area contributed by atoms with Crippen LogP contribution in [-0.4, -0.2) is 5.91 Å². The Morgan fingerprint density at radius 1 is 1.26 bits per heavy atom. The fraction of sp³-hybridized carbons (Fsp3) is 0.0714. The number of rotatable bonds is 2. The SMILES string of the molecule is Cc1cc(F)ccc1C(=O)Nc1ccc(N)cc1Br. The van der Waals surface area contributed by atoms with Gasteiger partial charge >= 0.3 is 0 Å². The summed E-state index contributed by atoms with van der Waals surface area (Å²) in [5, 5.41) is 2.75. The first-order valence-electron chi connectivity index (χ1n) is 5.60. The number of anilines is 2. The van der Waals surface area contributed by atoms with Gasteiger partial charge in [0.2, 0.25) is 0 Å². The van der Waals surface area contributed by atoms with Crippen LogP contribution >= 0.6 is 15.9 Å². The van der Waals surface area contributed by atoms with Gasteiger partial charge in [-0.25, -0.2) is 4.39 Å². The molecular weight excluding hydrogens is 311 g/mol. The summed E-state index contributed by atoms with van der Waals surface area (Å²) < 4.78 is 13.7. The van der Waals surface area contributed by atoms with Crippen molar-refractivity contribution in [2.45, 2.75) is 6.92 Å². The number of hydrogen-bond donors (Lipinski definition) is 2. The fourth-order valence-corrected chi connectivity index (χ4v) is 2.20. The molecule has 0 aliphatic heterocycles.